The largest absolute Gasteiger partial charge is 0.360 e. The van der Waals surface area contributed by atoms with Crippen LogP contribution in [0.3, 0.4) is 0 Å². The Balaban J connectivity index is 1.82. The molecule has 1 fully saturated rings. The van der Waals surface area contributed by atoms with Crippen molar-refractivity contribution in [2.45, 2.75) is 32.7 Å². The van der Waals surface area contributed by atoms with Gasteiger partial charge in [-0.2, -0.15) is 0 Å². The highest BCUT2D eigenvalue weighted by Gasteiger charge is 2.52. The van der Waals surface area contributed by atoms with E-state index < -0.39 is 29.9 Å². The van der Waals surface area contributed by atoms with Crippen LogP contribution < -0.4 is 10.6 Å². The minimum atomic E-state index is -1.17. The predicted molar refractivity (Wildman–Crippen MR) is 97.7 cm³/mol. The number of amides is 4. The second-order valence-corrected chi connectivity index (χ2v) is 7.06. The summed E-state index contributed by atoms with van der Waals surface area (Å²) in [5.41, 5.74) is -0.468. The first-order valence-corrected chi connectivity index (χ1v) is 8.74. The van der Waals surface area contributed by atoms with Gasteiger partial charge in [-0.25, -0.2) is 4.79 Å². The number of nitrogens with one attached hydrogen (secondary N) is 2. The Kier molecular flexibility index (Phi) is 4.98. The van der Waals surface area contributed by atoms with E-state index in [1.807, 2.05) is 44.2 Å². The number of rotatable bonds is 6. The van der Waals surface area contributed by atoms with Gasteiger partial charge in [0.1, 0.15) is 17.8 Å². The highest BCUT2D eigenvalue weighted by molar-refractivity contribution is 6.10. The molecule has 8 nitrogen and oxygen atoms in total. The van der Waals surface area contributed by atoms with Crippen LogP contribution in [0.1, 0.15) is 31.6 Å². The average molecular weight is 370 g/mol. The molecule has 1 aromatic heterocycles. The van der Waals surface area contributed by atoms with E-state index >= 15 is 0 Å². The average Bonchev–Trinajstić information content (AvgIpc) is 3.12. The lowest BCUT2D eigenvalue weighted by Crippen LogP contribution is -2.45. The van der Waals surface area contributed by atoms with Gasteiger partial charge in [0.2, 0.25) is 5.91 Å². The van der Waals surface area contributed by atoms with E-state index in [0.29, 0.717) is 17.7 Å². The molecule has 0 spiro atoms. The van der Waals surface area contributed by atoms with Crippen LogP contribution in [0.25, 0.3) is 0 Å². The third kappa shape index (κ3) is 3.69. The lowest BCUT2D eigenvalue weighted by molar-refractivity contribution is -0.134. The molecule has 1 aliphatic heterocycles. The van der Waals surface area contributed by atoms with E-state index in [9.17, 15) is 14.4 Å². The van der Waals surface area contributed by atoms with Crippen LogP contribution in [-0.4, -0.2) is 34.4 Å². The first kappa shape index (κ1) is 18.6. The Morgan fingerprint density at radius 1 is 1.30 bits per heavy atom. The van der Waals surface area contributed by atoms with Crippen LogP contribution in [0.2, 0.25) is 0 Å². The molecule has 1 aromatic carbocycles. The summed E-state index contributed by atoms with van der Waals surface area (Å²) in [6, 6.07) is 10.1. The Morgan fingerprint density at radius 3 is 2.59 bits per heavy atom. The molecule has 142 valence electrons. The molecule has 0 aliphatic carbocycles. The van der Waals surface area contributed by atoms with Crippen molar-refractivity contribution in [3.63, 3.8) is 0 Å². The van der Waals surface area contributed by atoms with Gasteiger partial charge in [-0.1, -0.05) is 49.3 Å². The first-order chi connectivity index (χ1) is 12.8. The molecule has 3 rings (SSSR count). The van der Waals surface area contributed by atoms with Crippen molar-refractivity contribution in [1.29, 1.82) is 0 Å². The molecule has 1 saturated heterocycles. The minimum Gasteiger partial charge on any atom is -0.360 e. The van der Waals surface area contributed by atoms with Gasteiger partial charge in [0.05, 0.1) is 0 Å². The fourth-order valence-corrected chi connectivity index (χ4v) is 3.31. The molecule has 8 heteroatoms. The number of aryl methyl sites for hydroxylation is 1. The number of carbonyl (C=O) groups excluding carboxylic acids is 3. The number of hydrogen-bond donors (Lipinski definition) is 2. The fourth-order valence-electron chi connectivity index (χ4n) is 3.31. The summed E-state index contributed by atoms with van der Waals surface area (Å²) in [4.78, 5) is 38.9. The van der Waals surface area contributed by atoms with Gasteiger partial charge in [-0.05, 0) is 24.8 Å². The topological polar surface area (TPSA) is 105 Å². The number of carbonyl (C=O) groups is 3. The van der Waals surface area contributed by atoms with Crippen molar-refractivity contribution in [3.8, 4) is 0 Å². The second-order valence-electron chi connectivity index (χ2n) is 7.06. The van der Waals surface area contributed by atoms with Crippen molar-refractivity contribution in [2.75, 3.05) is 11.9 Å². The zero-order valence-electron chi connectivity index (χ0n) is 15.5. The van der Waals surface area contributed by atoms with Crippen molar-refractivity contribution in [2.24, 2.45) is 5.92 Å². The summed E-state index contributed by atoms with van der Waals surface area (Å²) in [5, 5.41) is 9.01. The van der Waals surface area contributed by atoms with Crippen molar-refractivity contribution >= 4 is 23.7 Å². The quantitative estimate of drug-likeness (QED) is 0.760. The molecule has 0 radical (unpaired) electrons. The van der Waals surface area contributed by atoms with E-state index in [1.165, 1.54) is 0 Å². The summed E-state index contributed by atoms with van der Waals surface area (Å²) < 4.78 is 4.89. The van der Waals surface area contributed by atoms with Gasteiger partial charge in [-0.15, -0.1) is 0 Å². The van der Waals surface area contributed by atoms with E-state index in [0.717, 1.165) is 4.90 Å². The lowest BCUT2D eigenvalue weighted by atomic mass is 9.82. The summed E-state index contributed by atoms with van der Waals surface area (Å²) in [6.07, 6.45) is 0.433. The van der Waals surface area contributed by atoms with E-state index in [4.69, 9.17) is 4.52 Å². The molecule has 2 heterocycles. The van der Waals surface area contributed by atoms with Crippen molar-refractivity contribution < 1.29 is 18.9 Å². The molecule has 1 unspecified atom stereocenters. The molecule has 1 atom stereocenters. The number of anilines is 1. The molecule has 4 amide bonds. The van der Waals surface area contributed by atoms with Crippen LogP contribution in [0.4, 0.5) is 10.6 Å². The van der Waals surface area contributed by atoms with E-state index in [-0.39, 0.29) is 11.7 Å². The van der Waals surface area contributed by atoms with Gasteiger partial charge in [0.25, 0.3) is 5.91 Å². The highest BCUT2D eigenvalue weighted by atomic mass is 16.5. The Bertz CT molecular complexity index is 862. The fraction of sp³-hybridized carbons (Fsp3) is 0.368. The molecule has 27 heavy (non-hydrogen) atoms. The van der Waals surface area contributed by atoms with Crippen molar-refractivity contribution in [3.05, 3.63) is 47.7 Å². The monoisotopic (exact) mass is 370 g/mol. The summed E-state index contributed by atoms with van der Waals surface area (Å²) in [7, 11) is 0. The van der Waals surface area contributed by atoms with Gasteiger partial charge in [0, 0.05) is 6.07 Å². The number of urea groups is 1. The summed E-state index contributed by atoms with van der Waals surface area (Å²) >= 11 is 0. The third-order valence-corrected chi connectivity index (χ3v) is 4.35. The van der Waals surface area contributed by atoms with Crippen molar-refractivity contribution in [1.82, 2.24) is 15.4 Å². The van der Waals surface area contributed by atoms with Gasteiger partial charge < -0.3 is 15.2 Å². The van der Waals surface area contributed by atoms with Crippen LogP contribution in [0.15, 0.2) is 40.9 Å². The number of benzene rings is 1. The number of aromatic nitrogens is 1. The molecular formula is C19H22N4O4. The standard InChI is InChI=1S/C19H22N4O4/c1-12(2)10-19(14-7-5-4-6-8-14)17(25)23(18(26)21-19)11-16(24)20-15-9-13(3)27-22-15/h4-9,12H,10-11H2,1-3H3,(H,21,26)(H,20,22,24). The molecule has 2 aromatic rings. The van der Waals surface area contributed by atoms with Crippen LogP contribution in [-0.2, 0) is 15.1 Å². The molecule has 1 aliphatic rings. The molecule has 0 bridgehead atoms. The number of hydrogen-bond acceptors (Lipinski definition) is 5. The van der Waals surface area contributed by atoms with Gasteiger partial charge >= 0.3 is 6.03 Å². The van der Waals surface area contributed by atoms with Crippen LogP contribution >= 0.6 is 0 Å². The second kappa shape index (κ2) is 7.22. The van der Waals surface area contributed by atoms with E-state index in [2.05, 4.69) is 15.8 Å². The maximum atomic E-state index is 13.2. The molecule has 0 saturated carbocycles. The van der Waals surface area contributed by atoms with Crippen LogP contribution in [0.5, 0.6) is 0 Å². The summed E-state index contributed by atoms with van der Waals surface area (Å²) in [6.45, 7) is 5.25. The predicted octanol–water partition coefficient (Wildman–Crippen LogP) is 2.41. The molecular weight excluding hydrogens is 348 g/mol. The highest BCUT2D eigenvalue weighted by Crippen LogP contribution is 2.35. The Labute approximate surface area is 156 Å². The Hall–Kier alpha value is -3.16. The van der Waals surface area contributed by atoms with Crippen LogP contribution in [0, 0.1) is 12.8 Å². The molecule has 2 N–H and O–H groups in total. The Morgan fingerprint density at radius 2 is 2.00 bits per heavy atom. The lowest BCUT2D eigenvalue weighted by Gasteiger charge is -2.29. The normalized spacial score (nSPS) is 19.5. The SMILES string of the molecule is Cc1cc(NC(=O)CN2C(=O)NC(CC(C)C)(c3ccccc3)C2=O)no1. The van der Waals surface area contributed by atoms with Gasteiger partial charge in [-0.3, -0.25) is 14.5 Å². The van der Waals surface area contributed by atoms with E-state index in [1.54, 1.807) is 13.0 Å². The third-order valence-electron chi connectivity index (χ3n) is 4.35. The first-order valence-electron chi connectivity index (χ1n) is 8.74. The van der Waals surface area contributed by atoms with Gasteiger partial charge in [0.15, 0.2) is 5.82 Å². The maximum Gasteiger partial charge on any atom is 0.325 e. The number of nitrogens with zero attached hydrogens (tertiary/aromatic N) is 2. The smallest absolute Gasteiger partial charge is 0.325 e. The zero-order valence-corrected chi connectivity index (χ0v) is 15.5. The minimum absolute atomic E-state index is 0.154. The number of imide groups is 1. The maximum absolute atomic E-state index is 13.2. The zero-order chi connectivity index (χ0) is 19.6. The summed E-state index contributed by atoms with van der Waals surface area (Å²) in [5.74, 6) is -0.0261.